The minimum atomic E-state index is -0.499. The van der Waals surface area contributed by atoms with E-state index in [0.717, 1.165) is 37.9 Å². The fourth-order valence-corrected chi connectivity index (χ4v) is 3.55. The highest BCUT2D eigenvalue weighted by Gasteiger charge is 2.31. The molecule has 0 aliphatic heterocycles. The van der Waals surface area contributed by atoms with Gasteiger partial charge in [0.2, 0.25) is 0 Å². The molecule has 2 rings (SSSR count). The van der Waals surface area contributed by atoms with Crippen LogP contribution in [0.1, 0.15) is 50.2 Å². The van der Waals surface area contributed by atoms with Crippen LogP contribution in [0, 0.1) is 5.92 Å². The number of hydrogen-bond donors (Lipinski definition) is 2. The Hall–Kier alpha value is -0.450. The molecule has 0 aromatic carbocycles. The summed E-state index contributed by atoms with van der Waals surface area (Å²) in [5.41, 5.74) is 0.602. The van der Waals surface area contributed by atoms with E-state index in [1.54, 1.807) is 11.3 Å². The summed E-state index contributed by atoms with van der Waals surface area (Å²) in [7, 11) is 0. The van der Waals surface area contributed by atoms with Gasteiger partial charge in [0.05, 0.1) is 16.3 Å². The summed E-state index contributed by atoms with van der Waals surface area (Å²) in [5.74, 6) is 0.650. The Morgan fingerprint density at radius 3 is 3.11 bits per heavy atom. The van der Waals surface area contributed by atoms with E-state index in [2.05, 4.69) is 29.5 Å². The second kappa shape index (κ2) is 6.13. The predicted molar refractivity (Wildman–Crippen MR) is 75.8 cm³/mol. The van der Waals surface area contributed by atoms with Gasteiger partial charge in [-0.15, -0.1) is 11.3 Å². The maximum absolute atomic E-state index is 10.5. The Morgan fingerprint density at radius 2 is 2.44 bits per heavy atom. The molecular weight excluding hydrogens is 244 g/mol. The summed E-state index contributed by atoms with van der Waals surface area (Å²) in [6.07, 6.45) is 5.27. The van der Waals surface area contributed by atoms with Crippen molar-refractivity contribution in [3.63, 3.8) is 0 Å². The Labute approximate surface area is 114 Å². The third-order valence-electron chi connectivity index (χ3n) is 3.73. The van der Waals surface area contributed by atoms with Gasteiger partial charge in [0.1, 0.15) is 0 Å². The molecule has 0 radical (unpaired) electrons. The van der Waals surface area contributed by atoms with Crippen LogP contribution in [0.25, 0.3) is 0 Å². The van der Waals surface area contributed by atoms with Crippen LogP contribution in [-0.4, -0.2) is 22.2 Å². The Morgan fingerprint density at radius 1 is 1.61 bits per heavy atom. The molecule has 0 spiro atoms. The number of aromatic nitrogens is 1. The number of hydrogen-bond acceptors (Lipinski definition) is 4. The second-order valence-electron chi connectivity index (χ2n) is 5.62. The van der Waals surface area contributed by atoms with Crippen molar-refractivity contribution in [2.75, 3.05) is 6.54 Å². The van der Waals surface area contributed by atoms with Crippen molar-refractivity contribution in [1.29, 1.82) is 0 Å². The van der Waals surface area contributed by atoms with Gasteiger partial charge in [-0.25, -0.2) is 4.98 Å². The molecule has 2 N–H and O–H groups in total. The molecule has 2 unspecified atom stereocenters. The third-order valence-corrected chi connectivity index (χ3v) is 4.77. The molecule has 1 aliphatic rings. The quantitative estimate of drug-likeness (QED) is 0.863. The fraction of sp³-hybridized carbons (Fsp3) is 0.786. The van der Waals surface area contributed by atoms with E-state index in [1.165, 1.54) is 11.4 Å². The summed E-state index contributed by atoms with van der Waals surface area (Å²) in [4.78, 5) is 4.52. The Bertz CT molecular complexity index is 380. The van der Waals surface area contributed by atoms with Crippen LogP contribution in [0.4, 0.5) is 0 Å². The number of nitrogens with zero attached hydrogens (tertiary/aromatic N) is 1. The zero-order valence-electron chi connectivity index (χ0n) is 11.4. The fourth-order valence-electron chi connectivity index (χ4n) is 2.81. The van der Waals surface area contributed by atoms with Gasteiger partial charge in [-0.2, -0.15) is 0 Å². The van der Waals surface area contributed by atoms with Crippen molar-refractivity contribution in [3.05, 3.63) is 16.1 Å². The highest BCUT2D eigenvalue weighted by molar-refractivity contribution is 7.09. The van der Waals surface area contributed by atoms with Crippen LogP contribution < -0.4 is 5.32 Å². The topological polar surface area (TPSA) is 45.2 Å². The standard InChI is InChI=1S/C14H24N2OS/c1-3-13-16-12(9-18-13)8-15-10-14(17)6-4-5-11(2)7-14/h9,11,15,17H,3-8,10H2,1-2H3. The molecule has 1 aromatic rings. The van der Waals surface area contributed by atoms with Crippen molar-refractivity contribution in [2.24, 2.45) is 5.92 Å². The van der Waals surface area contributed by atoms with Gasteiger partial charge in [0, 0.05) is 18.5 Å². The Balaban J connectivity index is 1.77. The van der Waals surface area contributed by atoms with Crippen LogP contribution >= 0.6 is 11.3 Å². The molecule has 1 heterocycles. The summed E-state index contributed by atoms with van der Waals surface area (Å²) in [6.45, 7) is 5.82. The summed E-state index contributed by atoms with van der Waals surface area (Å²) < 4.78 is 0. The molecule has 0 bridgehead atoms. The first-order chi connectivity index (χ1) is 8.61. The van der Waals surface area contributed by atoms with Crippen LogP contribution in [-0.2, 0) is 13.0 Å². The number of nitrogens with one attached hydrogen (secondary N) is 1. The zero-order chi connectivity index (χ0) is 13.0. The van der Waals surface area contributed by atoms with Crippen molar-refractivity contribution in [2.45, 2.75) is 58.1 Å². The molecule has 4 heteroatoms. The largest absolute Gasteiger partial charge is 0.389 e. The first-order valence-corrected chi connectivity index (χ1v) is 7.85. The van der Waals surface area contributed by atoms with Gasteiger partial charge in [0.25, 0.3) is 0 Å². The number of aryl methyl sites for hydroxylation is 1. The average Bonchev–Trinajstić information content (AvgIpc) is 2.76. The van der Waals surface area contributed by atoms with Crippen LogP contribution in [0.2, 0.25) is 0 Å². The van der Waals surface area contributed by atoms with Crippen molar-refractivity contribution >= 4 is 11.3 Å². The summed E-state index contributed by atoms with van der Waals surface area (Å²) in [5, 5.41) is 17.2. The minimum Gasteiger partial charge on any atom is -0.389 e. The van der Waals surface area contributed by atoms with Gasteiger partial charge >= 0.3 is 0 Å². The van der Waals surface area contributed by atoms with Gasteiger partial charge in [-0.1, -0.05) is 26.7 Å². The number of aliphatic hydroxyl groups is 1. The molecule has 3 nitrogen and oxygen atoms in total. The molecule has 0 saturated heterocycles. The van der Waals surface area contributed by atoms with E-state index >= 15 is 0 Å². The van der Waals surface area contributed by atoms with Crippen molar-refractivity contribution in [3.8, 4) is 0 Å². The van der Waals surface area contributed by atoms with E-state index in [0.29, 0.717) is 12.5 Å². The molecule has 1 saturated carbocycles. The highest BCUT2D eigenvalue weighted by Crippen LogP contribution is 2.31. The zero-order valence-corrected chi connectivity index (χ0v) is 12.2. The molecule has 1 aliphatic carbocycles. The average molecular weight is 268 g/mol. The third kappa shape index (κ3) is 3.77. The molecule has 1 fully saturated rings. The van der Waals surface area contributed by atoms with Gasteiger partial charge in [-0.05, 0) is 25.2 Å². The van der Waals surface area contributed by atoms with Crippen LogP contribution in [0.3, 0.4) is 0 Å². The number of rotatable bonds is 5. The molecular formula is C14H24N2OS. The van der Waals surface area contributed by atoms with Crippen molar-refractivity contribution < 1.29 is 5.11 Å². The Kier molecular flexibility index (Phi) is 4.76. The molecule has 102 valence electrons. The van der Waals surface area contributed by atoms with Gasteiger partial charge in [0.15, 0.2) is 0 Å². The molecule has 18 heavy (non-hydrogen) atoms. The molecule has 0 amide bonds. The van der Waals surface area contributed by atoms with E-state index < -0.39 is 5.60 Å². The lowest BCUT2D eigenvalue weighted by Crippen LogP contribution is -2.43. The predicted octanol–water partition coefficient (Wildman–Crippen LogP) is 2.74. The first-order valence-electron chi connectivity index (χ1n) is 6.98. The highest BCUT2D eigenvalue weighted by atomic mass is 32.1. The normalized spacial score (nSPS) is 28.5. The lowest BCUT2D eigenvalue weighted by molar-refractivity contribution is -0.0119. The van der Waals surface area contributed by atoms with E-state index in [-0.39, 0.29) is 0 Å². The summed E-state index contributed by atoms with van der Waals surface area (Å²) in [6, 6.07) is 0. The van der Waals surface area contributed by atoms with Crippen molar-refractivity contribution in [1.82, 2.24) is 10.3 Å². The monoisotopic (exact) mass is 268 g/mol. The van der Waals surface area contributed by atoms with Crippen LogP contribution in [0.5, 0.6) is 0 Å². The maximum atomic E-state index is 10.5. The first kappa shape index (κ1) is 14.0. The van der Waals surface area contributed by atoms with Crippen LogP contribution in [0.15, 0.2) is 5.38 Å². The smallest absolute Gasteiger partial charge is 0.0926 e. The molecule has 1 aromatic heterocycles. The lowest BCUT2D eigenvalue weighted by Gasteiger charge is -2.35. The maximum Gasteiger partial charge on any atom is 0.0926 e. The molecule has 2 atom stereocenters. The number of thiazole rings is 1. The lowest BCUT2D eigenvalue weighted by atomic mass is 9.79. The van der Waals surface area contributed by atoms with E-state index in [4.69, 9.17) is 0 Å². The SMILES string of the molecule is CCc1nc(CNCC2(O)CCCC(C)C2)cs1. The second-order valence-corrected chi connectivity index (χ2v) is 6.56. The van der Waals surface area contributed by atoms with E-state index in [9.17, 15) is 5.11 Å². The minimum absolute atomic E-state index is 0.499. The summed E-state index contributed by atoms with van der Waals surface area (Å²) >= 11 is 1.72. The van der Waals surface area contributed by atoms with E-state index in [1.807, 2.05) is 0 Å². The van der Waals surface area contributed by atoms with Gasteiger partial charge in [-0.3, -0.25) is 0 Å². The van der Waals surface area contributed by atoms with Gasteiger partial charge < -0.3 is 10.4 Å².